The lowest BCUT2D eigenvalue weighted by Gasteiger charge is -2.21. The summed E-state index contributed by atoms with van der Waals surface area (Å²) >= 11 is 0. The van der Waals surface area contributed by atoms with E-state index in [1.807, 2.05) is 13.0 Å². The number of hydrogen-bond acceptors (Lipinski definition) is 3. The topological polar surface area (TPSA) is 62.5 Å². The quantitative estimate of drug-likeness (QED) is 0.416. The molecule has 0 aliphatic heterocycles. The summed E-state index contributed by atoms with van der Waals surface area (Å²) in [5.74, 6) is 0.546. The second-order valence-corrected chi connectivity index (χ2v) is 7.91. The van der Waals surface area contributed by atoms with Crippen molar-refractivity contribution in [3.63, 3.8) is 0 Å². The van der Waals surface area contributed by atoms with Gasteiger partial charge in [-0.25, -0.2) is 4.79 Å². The molecule has 0 fully saturated rings. The fourth-order valence-electron chi connectivity index (χ4n) is 3.45. The van der Waals surface area contributed by atoms with Crippen LogP contribution in [0.25, 0.3) is 11.3 Å². The molecular weight excluding hydrogens is 407 g/mol. The van der Waals surface area contributed by atoms with Gasteiger partial charge in [0.25, 0.3) is 0 Å². The average Bonchev–Trinajstić information content (AvgIpc) is 3.08. The molecule has 3 rings (SSSR count). The van der Waals surface area contributed by atoms with Crippen LogP contribution in [0.4, 0.5) is 18.9 Å². The van der Waals surface area contributed by atoms with Gasteiger partial charge in [0.05, 0.1) is 17.2 Å². The highest BCUT2D eigenvalue weighted by Crippen LogP contribution is 2.35. The number of nitrogens with one attached hydrogen (secondary N) is 1. The normalized spacial score (nSPS) is 12.7. The van der Waals surface area contributed by atoms with Crippen LogP contribution in [0.5, 0.6) is 0 Å². The van der Waals surface area contributed by atoms with Gasteiger partial charge in [-0.05, 0) is 61.7 Å². The zero-order valence-corrected chi connectivity index (χ0v) is 17.5. The highest BCUT2D eigenvalue weighted by atomic mass is 19.4. The minimum Gasteiger partial charge on any atom is -0.478 e. The van der Waals surface area contributed by atoms with Crippen molar-refractivity contribution in [2.24, 2.45) is 5.92 Å². The van der Waals surface area contributed by atoms with E-state index in [0.29, 0.717) is 23.0 Å². The summed E-state index contributed by atoms with van der Waals surface area (Å²) in [6, 6.07) is 13.1. The predicted molar refractivity (Wildman–Crippen MR) is 113 cm³/mol. The second kappa shape index (κ2) is 8.88. The van der Waals surface area contributed by atoms with Crippen molar-refractivity contribution >= 4 is 11.7 Å². The maximum atomic E-state index is 12.8. The molecule has 1 unspecified atom stereocenters. The zero-order chi connectivity index (χ0) is 22.8. The van der Waals surface area contributed by atoms with Crippen LogP contribution in [0.2, 0.25) is 0 Å². The number of rotatable bonds is 7. The summed E-state index contributed by atoms with van der Waals surface area (Å²) < 4.78 is 44.4. The Labute approximate surface area is 178 Å². The van der Waals surface area contributed by atoms with E-state index in [4.69, 9.17) is 9.52 Å². The van der Waals surface area contributed by atoms with Crippen LogP contribution in [0, 0.1) is 12.8 Å². The number of carboxylic acids is 1. The third-order valence-corrected chi connectivity index (χ3v) is 5.01. The molecule has 1 heterocycles. The molecule has 1 aromatic heterocycles. The van der Waals surface area contributed by atoms with Crippen LogP contribution < -0.4 is 5.32 Å². The summed E-state index contributed by atoms with van der Waals surface area (Å²) in [6.07, 6.45) is -3.60. The first-order chi connectivity index (χ1) is 14.5. The molecule has 0 radical (unpaired) electrons. The van der Waals surface area contributed by atoms with Crippen molar-refractivity contribution in [2.45, 2.75) is 39.4 Å². The van der Waals surface area contributed by atoms with Gasteiger partial charge in [-0.1, -0.05) is 26.0 Å². The predicted octanol–water partition coefficient (Wildman–Crippen LogP) is 7.17. The Morgan fingerprint density at radius 2 is 1.68 bits per heavy atom. The number of anilines is 1. The second-order valence-electron chi connectivity index (χ2n) is 7.91. The Morgan fingerprint density at radius 3 is 2.19 bits per heavy atom. The monoisotopic (exact) mass is 431 g/mol. The molecule has 0 aliphatic carbocycles. The van der Waals surface area contributed by atoms with E-state index in [1.54, 1.807) is 12.1 Å². The van der Waals surface area contributed by atoms with Gasteiger partial charge in [0.1, 0.15) is 11.5 Å². The van der Waals surface area contributed by atoms with E-state index in [-0.39, 0.29) is 11.6 Å². The summed E-state index contributed by atoms with van der Waals surface area (Å²) in [6.45, 7) is 6.01. The molecule has 164 valence electrons. The third-order valence-electron chi connectivity index (χ3n) is 5.01. The van der Waals surface area contributed by atoms with Gasteiger partial charge in [-0.2, -0.15) is 13.2 Å². The Bertz CT molecular complexity index is 1040. The van der Waals surface area contributed by atoms with Crippen LogP contribution in [0.15, 0.2) is 59.0 Å². The molecular formula is C24H24F3NO3. The Kier molecular flexibility index (Phi) is 6.43. The lowest BCUT2D eigenvalue weighted by Crippen LogP contribution is -2.13. The largest absolute Gasteiger partial charge is 0.478 e. The lowest BCUT2D eigenvalue weighted by atomic mass is 9.96. The first kappa shape index (κ1) is 22.5. The molecule has 0 spiro atoms. The number of benzene rings is 2. The molecule has 0 saturated carbocycles. The molecule has 1 atom stereocenters. The number of halogens is 3. The molecule has 7 heteroatoms. The molecule has 2 aromatic carbocycles. The van der Waals surface area contributed by atoms with E-state index in [9.17, 15) is 18.0 Å². The van der Waals surface area contributed by atoms with E-state index in [2.05, 4.69) is 19.2 Å². The van der Waals surface area contributed by atoms with Gasteiger partial charge >= 0.3 is 12.1 Å². The minimum atomic E-state index is -4.38. The minimum absolute atomic E-state index is 0.109. The molecule has 0 bridgehead atoms. The molecule has 0 saturated heterocycles. The Morgan fingerprint density at radius 1 is 1.06 bits per heavy atom. The van der Waals surface area contributed by atoms with Crippen molar-refractivity contribution in [1.82, 2.24) is 0 Å². The summed E-state index contributed by atoms with van der Waals surface area (Å²) in [5.41, 5.74) is 1.74. The average molecular weight is 431 g/mol. The van der Waals surface area contributed by atoms with Crippen molar-refractivity contribution in [3.8, 4) is 11.3 Å². The van der Waals surface area contributed by atoms with E-state index in [0.717, 1.165) is 29.8 Å². The third kappa shape index (κ3) is 5.48. The number of carboxylic acid groups (broad SMARTS) is 1. The molecule has 2 N–H and O–H groups in total. The molecule has 3 aromatic rings. The van der Waals surface area contributed by atoms with Crippen LogP contribution >= 0.6 is 0 Å². The summed E-state index contributed by atoms with van der Waals surface area (Å²) in [7, 11) is 0. The van der Waals surface area contributed by atoms with Gasteiger partial charge in [-0.3, -0.25) is 0 Å². The number of alkyl halides is 3. The number of aryl methyl sites for hydroxylation is 1. The maximum absolute atomic E-state index is 12.8. The Balaban J connectivity index is 1.88. The number of furan rings is 1. The maximum Gasteiger partial charge on any atom is 0.416 e. The molecule has 0 amide bonds. The van der Waals surface area contributed by atoms with E-state index < -0.39 is 17.7 Å². The fraction of sp³-hybridized carbons (Fsp3) is 0.292. The first-order valence-corrected chi connectivity index (χ1v) is 9.92. The van der Waals surface area contributed by atoms with Crippen LogP contribution in [-0.2, 0) is 6.18 Å². The number of hydrogen-bond donors (Lipinski definition) is 2. The van der Waals surface area contributed by atoms with Crippen molar-refractivity contribution < 1.29 is 27.5 Å². The van der Waals surface area contributed by atoms with Gasteiger partial charge in [-0.15, -0.1) is 0 Å². The van der Waals surface area contributed by atoms with Gasteiger partial charge in [0, 0.05) is 16.8 Å². The molecule has 0 aliphatic rings. The SMILES string of the molecule is Cc1oc(-c2ccc(C(F)(F)F)cc2)cc1C(CC(C)C)Nc1ccc(C(=O)O)cc1. The highest BCUT2D eigenvalue weighted by Gasteiger charge is 2.30. The van der Waals surface area contributed by atoms with Gasteiger partial charge in [0.2, 0.25) is 0 Å². The van der Waals surface area contributed by atoms with Crippen LogP contribution in [-0.4, -0.2) is 11.1 Å². The van der Waals surface area contributed by atoms with E-state index >= 15 is 0 Å². The van der Waals surface area contributed by atoms with E-state index in [1.165, 1.54) is 24.3 Å². The fourth-order valence-corrected chi connectivity index (χ4v) is 3.45. The summed E-state index contributed by atoms with van der Waals surface area (Å²) in [4.78, 5) is 11.1. The van der Waals surface area contributed by atoms with Crippen LogP contribution in [0.3, 0.4) is 0 Å². The molecule has 31 heavy (non-hydrogen) atoms. The van der Waals surface area contributed by atoms with Crippen molar-refractivity contribution in [1.29, 1.82) is 0 Å². The standard InChI is InChI=1S/C24H24F3NO3/c1-14(2)12-21(28-19-10-6-17(7-11-19)23(29)30)20-13-22(31-15(20)3)16-4-8-18(9-5-16)24(25,26)27/h4-11,13-14,21,28H,12H2,1-3H3,(H,29,30). The Hall–Kier alpha value is -3.22. The number of aromatic carboxylic acids is 1. The highest BCUT2D eigenvalue weighted by molar-refractivity contribution is 5.88. The summed E-state index contributed by atoms with van der Waals surface area (Å²) in [5, 5.41) is 12.5. The lowest BCUT2D eigenvalue weighted by molar-refractivity contribution is -0.137. The zero-order valence-electron chi connectivity index (χ0n) is 17.5. The van der Waals surface area contributed by atoms with Crippen LogP contribution in [0.1, 0.15) is 53.6 Å². The first-order valence-electron chi connectivity index (χ1n) is 9.92. The van der Waals surface area contributed by atoms with Crippen molar-refractivity contribution in [2.75, 3.05) is 5.32 Å². The van der Waals surface area contributed by atoms with Gasteiger partial charge < -0.3 is 14.8 Å². The molecule has 4 nitrogen and oxygen atoms in total. The van der Waals surface area contributed by atoms with Crippen molar-refractivity contribution in [3.05, 3.63) is 77.0 Å². The number of carbonyl (C=O) groups is 1. The van der Waals surface area contributed by atoms with Gasteiger partial charge in [0.15, 0.2) is 0 Å². The smallest absolute Gasteiger partial charge is 0.416 e.